The Balaban J connectivity index is 2.09. The third-order valence-electron chi connectivity index (χ3n) is 3.21. The zero-order valence-electron chi connectivity index (χ0n) is 10.1. The van der Waals surface area contributed by atoms with Crippen molar-refractivity contribution in [2.45, 2.75) is 13.3 Å². The summed E-state index contributed by atoms with van der Waals surface area (Å²) in [7, 11) is 0. The van der Waals surface area contributed by atoms with E-state index >= 15 is 0 Å². The van der Waals surface area contributed by atoms with Gasteiger partial charge >= 0.3 is 0 Å². The smallest absolute Gasteiger partial charge is 0.253 e. The highest BCUT2D eigenvalue weighted by molar-refractivity contribution is 6.30. The summed E-state index contributed by atoms with van der Waals surface area (Å²) in [4.78, 5) is 14.0. The fourth-order valence-corrected chi connectivity index (χ4v) is 2.26. The van der Waals surface area contributed by atoms with Crippen LogP contribution in [0.5, 0.6) is 0 Å². The van der Waals surface area contributed by atoms with E-state index in [1.807, 2.05) is 6.92 Å². The second kappa shape index (κ2) is 5.40. The lowest BCUT2D eigenvalue weighted by atomic mass is 9.97. The van der Waals surface area contributed by atoms with Gasteiger partial charge in [-0.15, -0.1) is 0 Å². The molecule has 1 heterocycles. The number of amides is 1. The van der Waals surface area contributed by atoms with Crippen LogP contribution in [0.3, 0.4) is 0 Å². The minimum atomic E-state index is -0.00416. The van der Waals surface area contributed by atoms with Crippen LogP contribution in [0.4, 0.5) is 0 Å². The fraction of sp³-hybridized carbons (Fsp3) is 0.385. The van der Waals surface area contributed by atoms with Crippen molar-refractivity contribution in [2.24, 2.45) is 11.1 Å². The number of oxime groups is 1. The SMILES string of the molecule is CC1CN(C(=O)c2ccc(Cl)cc2)CC/C1=N\O. The molecule has 0 aromatic heterocycles. The molecule has 4 nitrogen and oxygen atoms in total. The van der Waals surface area contributed by atoms with E-state index in [4.69, 9.17) is 16.8 Å². The highest BCUT2D eigenvalue weighted by Crippen LogP contribution is 2.17. The molecule has 0 radical (unpaired) electrons. The van der Waals surface area contributed by atoms with E-state index in [2.05, 4.69) is 5.16 Å². The van der Waals surface area contributed by atoms with E-state index < -0.39 is 0 Å². The van der Waals surface area contributed by atoms with E-state index in [1.54, 1.807) is 29.2 Å². The van der Waals surface area contributed by atoms with Crippen molar-refractivity contribution in [3.63, 3.8) is 0 Å². The molecule has 96 valence electrons. The average molecular weight is 267 g/mol. The summed E-state index contributed by atoms with van der Waals surface area (Å²) in [5.74, 6) is 0.0931. The Morgan fingerprint density at radius 1 is 1.44 bits per heavy atom. The first-order valence-corrected chi connectivity index (χ1v) is 6.25. The maximum atomic E-state index is 12.2. The summed E-state index contributed by atoms with van der Waals surface area (Å²) in [5.41, 5.74) is 1.39. The van der Waals surface area contributed by atoms with Gasteiger partial charge in [-0.3, -0.25) is 4.79 Å². The highest BCUT2D eigenvalue weighted by atomic mass is 35.5. The summed E-state index contributed by atoms with van der Waals surface area (Å²) >= 11 is 5.79. The predicted molar refractivity (Wildman–Crippen MR) is 70.4 cm³/mol. The zero-order chi connectivity index (χ0) is 13.1. The molecular weight excluding hydrogens is 252 g/mol. The van der Waals surface area contributed by atoms with Crippen LogP contribution in [0.2, 0.25) is 5.02 Å². The van der Waals surface area contributed by atoms with Crippen LogP contribution in [0, 0.1) is 5.92 Å². The van der Waals surface area contributed by atoms with Crippen LogP contribution in [0.15, 0.2) is 29.4 Å². The number of nitrogens with zero attached hydrogens (tertiary/aromatic N) is 2. The van der Waals surface area contributed by atoms with Crippen molar-refractivity contribution < 1.29 is 10.0 Å². The monoisotopic (exact) mass is 266 g/mol. The molecule has 0 bridgehead atoms. The molecule has 1 atom stereocenters. The van der Waals surface area contributed by atoms with Gasteiger partial charge in [0.1, 0.15) is 0 Å². The van der Waals surface area contributed by atoms with Crippen molar-refractivity contribution in [1.29, 1.82) is 0 Å². The Hall–Kier alpha value is -1.55. The molecule has 1 amide bonds. The maximum absolute atomic E-state index is 12.2. The van der Waals surface area contributed by atoms with Gasteiger partial charge in [0.2, 0.25) is 0 Å². The van der Waals surface area contributed by atoms with Crippen LogP contribution in [0.1, 0.15) is 23.7 Å². The Morgan fingerprint density at radius 3 is 2.67 bits per heavy atom. The van der Waals surface area contributed by atoms with Gasteiger partial charge in [-0.05, 0) is 24.3 Å². The van der Waals surface area contributed by atoms with Gasteiger partial charge in [0, 0.05) is 36.0 Å². The van der Waals surface area contributed by atoms with Gasteiger partial charge in [0.15, 0.2) is 0 Å². The molecule has 5 heteroatoms. The summed E-state index contributed by atoms with van der Waals surface area (Å²) in [6, 6.07) is 6.88. The van der Waals surface area contributed by atoms with Crippen LogP contribution < -0.4 is 0 Å². The van der Waals surface area contributed by atoms with Gasteiger partial charge in [-0.25, -0.2) is 0 Å². The Kier molecular flexibility index (Phi) is 3.87. The normalized spacial score (nSPS) is 22.2. The van der Waals surface area contributed by atoms with Gasteiger partial charge in [0.05, 0.1) is 5.71 Å². The first-order chi connectivity index (χ1) is 8.61. The maximum Gasteiger partial charge on any atom is 0.253 e. The van der Waals surface area contributed by atoms with E-state index in [0.717, 1.165) is 5.71 Å². The van der Waals surface area contributed by atoms with Gasteiger partial charge in [-0.1, -0.05) is 23.7 Å². The number of carbonyl (C=O) groups excluding carboxylic acids is 1. The molecule has 2 rings (SSSR count). The number of piperidine rings is 1. The molecule has 0 spiro atoms. The molecule has 18 heavy (non-hydrogen) atoms. The van der Waals surface area contributed by atoms with Crippen molar-refractivity contribution in [2.75, 3.05) is 13.1 Å². The second-order valence-electron chi connectivity index (χ2n) is 4.50. The quantitative estimate of drug-likeness (QED) is 0.628. The molecule has 1 saturated heterocycles. The lowest BCUT2D eigenvalue weighted by Crippen LogP contribution is -2.43. The molecule has 1 aromatic carbocycles. The molecular formula is C13H15ClN2O2. The molecule has 0 saturated carbocycles. The number of hydrogen-bond acceptors (Lipinski definition) is 3. The van der Waals surface area contributed by atoms with Crippen LogP contribution in [0.25, 0.3) is 0 Å². The average Bonchev–Trinajstić information content (AvgIpc) is 2.38. The van der Waals surface area contributed by atoms with Gasteiger partial charge < -0.3 is 10.1 Å². The summed E-state index contributed by atoms with van der Waals surface area (Å²) in [5, 5.41) is 12.7. The number of halogens is 1. The highest BCUT2D eigenvalue weighted by Gasteiger charge is 2.26. The number of likely N-dealkylation sites (tertiary alicyclic amines) is 1. The van der Waals surface area contributed by atoms with Crippen molar-refractivity contribution in [1.82, 2.24) is 4.90 Å². The van der Waals surface area contributed by atoms with E-state index in [9.17, 15) is 4.79 Å². The number of carbonyl (C=O) groups is 1. The minimum Gasteiger partial charge on any atom is -0.411 e. The lowest BCUT2D eigenvalue weighted by Gasteiger charge is -2.31. The molecule has 1 aliphatic rings. The number of rotatable bonds is 1. The van der Waals surface area contributed by atoms with Gasteiger partial charge in [0.25, 0.3) is 5.91 Å². The third kappa shape index (κ3) is 2.64. The first kappa shape index (κ1) is 12.9. The third-order valence-corrected chi connectivity index (χ3v) is 3.46. The van der Waals surface area contributed by atoms with Crippen molar-refractivity contribution >= 4 is 23.2 Å². The molecule has 1 unspecified atom stereocenters. The van der Waals surface area contributed by atoms with Crippen LogP contribution in [-0.2, 0) is 0 Å². The number of benzene rings is 1. The Morgan fingerprint density at radius 2 is 2.11 bits per heavy atom. The van der Waals surface area contributed by atoms with Crippen molar-refractivity contribution in [3.8, 4) is 0 Å². The molecule has 1 fully saturated rings. The predicted octanol–water partition coefficient (Wildman–Crippen LogP) is 2.65. The van der Waals surface area contributed by atoms with E-state index in [0.29, 0.717) is 30.1 Å². The molecule has 1 aliphatic heterocycles. The number of hydrogen-bond donors (Lipinski definition) is 1. The first-order valence-electron chi connectivity index (χ1n) is 5.87. The standard InChI is InChI=1S/C13H15ClN2O2/c1-9-8-16(7-6-12(9)15-18)13(17)10-2-4-11(14)5-3-10/h2-5,9,18H,6-8H2,1H3/b15-12+. The Labute approximate surface area is 111 Å². The van der Waals surface area contributed by atoms with Gasteiger partial charge in [-0.2, -0.15) is 0 Å². The minimum absolute atomic E-state index is 0.00416. The molecule has 0 aliphatic carbocycles. The van der Waals surface area contributed by atoms with Crippen LogP contribution >= 0.6 is 11.6 Å². The lowest BCUT2D eigenvalue weighted by molar-refractivity contribution is 0.0734. The Bertz CT molecular complexity index is 470. The summed E-state index contributed by atoms with van der Waals surface area (Å²) < 4.78 is 0. The molecule has 1 aromatic rings. The second-order valence-corrected chi connectivity index (χ2v) is 4.94. The fourth-order valence-electron chi connectivity index (χ4n) is 2.13. The zero-order valence-corrected chi connectivity index (χ0v) is 10.9. The summed E-state index contributed by atoms with van der Waals surface area (Å²) in [6.45, 7) is 3.13. The van der Waals surface area contributed by atoms with Crippen LogP contribution in [-0.4, -0.2) is 34.8 Å². The molecule has 1 N–H and O–H groups in total. The summed E-state index contributed by atoms with van der Waals surface area (Å²) in [6.07, 6.45) is 0.622. The van der Waals surface area contributed by atoms with Crippen molar-refractivity contribution in [3.05, 3.63) is 34.9 Å². The topological polar surface area (TPSA) is 52.9 Å². The largest absolute Gasteiger partial charge is 0.411 e. The van der Waals surface area contributed by atoms with E-state index in [-0.39, 0.29) is 11.8 Å². The van der Waals surface area contributed by atoms with E-state index in [1.165, 1.54) is 0 Å².